The number of para-hydroxylation sites is 1. The van der Waals surface area contributed by atoms with Gasteiger partial charge in [0.2, 0.25) is 5.91 Å². The van der Waals surface area contributed by atoms with Crippen LogP contribution in [0.2, 0.25) is 0 Å². The van der Waals surface area contributed by atoms with Gasteiger partial charge in [-0.15, -0.1) is 23.1 Å². The smallest absolute Gasteiger partial charge is 0.353 e. The Balaban J connectivity index is 1.23. The number of carboxylic acid groups (broad SMARTS) is 1. The van der Waals surface area contributed by atoms with Crippen molar-refractivity contribution in [3.63, 3.8) is 0 Å². The SMILES string of the molecule is O=C(Cc1cccs1)N[C@@H]1C(=O)N2C(C(=O)O)=C(Sc3ccc4c(c3)oc3ccccc34)CS[C@H]12. The Labute approximate surface area is 212 Å². The standard InChI is InChI=1S/C25H18N2O5S3/c28-20(11-13-4-3-9-33-13)26-21-23(29)27-22(25(30)31)19(12-34-24(21)27)35-14-7-8-16-15-5-1-2-6-17(15)32-18(16)10-14/h1-10,21,24H,11-12H2,(H,26,28)(H,30,31)/t21-,24-/m1/s1. The molecule has 2 aliphatic rings. The number of nitrogens with zero attached hydrogens (tertiary/aromatic N) is 1. The van der Waals surface area contributed by atoms with E-state index in [0.29, 0.717) is 10.7 Å². The van der Waals surface area contributed by atoms with Gasteiger partial charge >= 0.3 is 5.97 Å². The molecule has 6 rings (SSSR count). The van der Waals surface area contributed by atoms with Gasteiger partial charge in [-0.05, 0) is 35.7 Å². The number of hydrogen-bond donors (Lipinski definition) is 2. The third-order valence-corrected chi connectivity index (χ3v) is 9.37. The molecule has 0 unspecified atom stereocenters. The number of aliphatic carboxylic acids is 1. The van der Waals surface area contributed by atoms with Crippen molar-refractivity contribution in [2.45, 2.75) is 22.7 Å². The second-order valence-electron chi connectivity index (χ2n) is 8.15. The van der Waals surface area contributed by atoms with Crippen molar-refractivity contribution < 1.29 is 23.9 Å². The quantitative estimate of drug-likeness (QED) is 0.355. The first-order valence-electron chi connectivity index (χ1n) is 10.8. The van der Waals surface area contributed by atoms with Crippen LogP contribution in [0.25, 0.3) is 21.9 Å². The van der Waals surface area contributed by atoms with E-state index in [1.807, 2.05) is 60.0 Å². The van der Waals surface area contributed by atoms with Crippen LogP contribution in [-0.2, 0) is 20.8 Å². The van der Waals surface area contributed by atoms with Crippen LogP contribution in [0.5, 0.6) is 0 Å². The van der Waals surface area contributed by atoms with Gasteiger partial charge in [0.1, 0.15) is 28.3 Å². The third-order valence-electron chi connectivity index (χ3n) is 5.96. The molecule has 0 radical (unpaired) electrons. The predicted octanol–water partition coefficient (Wildman–Crippen LogP) is 4.68. The first-order chi connectivity index (χ1) is 17.0. The Morgan fingerprint density at radius 3 is 2.74 bits per heavy atom. The second-order valence-corrected chi connectivity index (χ2v) is 11.5. The average molecular weight is 523 g/mol. The molecule has 2 N–H and O–H groups in total. The van der Waals surface area contributed by atoms with E-state index in [2.05, 4.69) is 5.32 Å². The molecule has 0 aliphatic carbocycles. The van der Waals surface area contributed by atoms with Crippen LogP contribution >= 0.6 is 34.9 Å². The monoisotopic (exact) mass is 522 g/mol. The molecule has 4 aromatic rings. The summed E-state index contributed by atoms with van der Waals surface area (Å²) < 4.78 is 5.96. The molecule has 4 heterocycles. The highest BCUT2D eigenvalue weighted by Crippen LogP contribution is 2.45. The highest BCUT2D eigenvalue weighted by molar-refractivity contribution is 8.06. The molecular formula is C25H18N2O5S3. The third kappa shape index (κ3) is 3.91. The Morgan fingerprint density at radius 2 is 1.94 bits per heavy atom. The highest BCUT2D eigenvalue weighted by Gasteiger charge is 2.54. The summed E-state index contributed by atoms with van der Waals surface area (Å²) in [5, 5.41) is 16.2. The predicted molar refractivity (Wildman–Crippen MR) is 137 cm³/mol. The van der Waals surface area contributed by atoms with E-state index in [0.717, 1.165) is 31.7 Å². The molecule has 1 fully saturated rings. The van der Waals surface area contributed by atoms with Gasteiger partial charge in [-0.1, -0.05) is 36.0 Å². The number of thioether (sulfide) groups is 2. The number of hydrogen-bond acceptors (Lipinski definition) is 7. The van der Waals surface area contributed by atoms with Gasteiger partial charge in [-0.25, -0.2) is 4.79 Å². The van der Waals surface area contributed by atoms with Gasteiger partial charge in [-0.3, -0.25) is 14.5 Å². The lowest BCUT2D eigenvalue weighted by Crippen LogP contribution is -2.70. The molecule has 7 nitrogen and oxygen atoms in total. The number of carbonyl (C=O) groups is 3. The molecule has 1 saturated heterocycles. The molecule has 176 valence electrons. The van der Waals surface area contributed by atoms with Crippen molar-refractivity contribution in [3.8, 4) is 0 Å². The van der Waals surface area contributed by atoms with Gasteiger partial charge in [0.25, 0.3) is 5.91 Å². The molecule has 2 atom stereocenters. The first-order valence-corrected chi connectivity index (χ1v) is 13.6. The number of amides is 2. The van der Waals surface area contributed by atoms with Crippen LogP contribution in [0.1, 0.15) is 4.88 Å². The van der Waals surface area contributed by atoms with Crippen molar-refractivity contribution in [1.82, 2.24) is 10.2 Å². The number of fused-ring (bicyclic) bond motifs is 4. The Morgan fingerprint density at radius 1 is 1.11 bits per heavy atom. The lowest BCUT2D eigenvalue weighted by atomic mass is 10.0. The molecule has 2 amide bonds. The normalized spacial score (nSPS) is 19.7. The lowest BCUT2D eigenvalue weighted by molar-refractivity contribution is -0.150. The molecule has 2 aliphatic heterocycles. The van der Waals surface area contributed by atoms with Gasteiger partial charge in [0.05, 0.1) is 6.42 Å². The second kappa shape index (κ2) is 8.78. The Kier molecular flexibility index (Phi) is 5.58. The van der Waals surface area contributed by atoms with Gasteiger partial charge in [0, 0.05) is 31.2 Å². The maximum absolute atomic E-state index is 12.9. The fourth-order valence-corrected chi connectivity index (χ4v) is 7.58. The zero-order chi connectivity index (χ0) is 24.1. The highest BCUT2D eigenvalue weighted by atomic mass is 32.2. The number of benzene rings is 2. The number of furan rings is 1. The van der Waals surface area contributed by atoms with Crippen LogP contribution in [0.3, 0.4) is 0 Å². The van der Waals surface area contributed by atoms with Crippen LogP contribution in [0.4, 0.5) is 0 Å². The number of carboxylic acids is 1. The molecule has 35 heavy (non-hydrogen) atoms. The summed E-state index contributed by atoms with van der Waals surface area (Å²) in [5.41, 5.74) is 1.50. The fourth-order valence-electron chi connectivity index (χ4n) is 4.38. The summed E-state index contributed by atoms with van der Waals surface area (Å²) >= 11 is 4.26. The van der Waals surface area contributed by atoms with E-state index in [1.165, 1.54) is 39.8 Å². The molecule has 0 saturated carbocycles. The number of nitrogens with one attached hydrogen (secondary N) is 1. The maximum Gasteiger partial charge on any atom is 0.353 e. The summed E-state index contributed by atoms with van der Waals surface area (Å²) in [6.45, 7) is 0. The average Bonchev–Trinajstić information content (AvgIpc) is 3.49. The van der Waals surface area contributed by atoms with Crippen LogP contribution in [0.15, 0.2) is 79.9 Å². The molecule has 0 bridgehead atoms. The van der Waals surface area contributed by atoms with Crippen molar-refractivity contribution in [1.29, 1.82) is 0 Å². The zero-order valence-electron chi connectivity index (χ0n) is 18.1. The molecule has 2 aromatic heterocycles. The molecule has 0 spiro atoms. The van der Waals surface area contributed by atoms with E-state index >= 15 is 0 Å². The van der Waals surface area contributed by atoms with Crippen LogP contribution < -0.4 is 5.32 Å². The molecule has 10 heteroatoms. The van der Waals surface area contributed by atoms with E-state index in [1.54, 1.807) is 0 Å². The zero-order valence-corrected chi connectivity index (χ0v) is 20.5. The molecular weight excluding hydrogens is 504 g/mol. The summed E-state index contributed by atoms with van der Waals surface area (Å²) in [6.07, 6.45) is 0.200. The van der Waals surface area contributed by atoms with Gasteiger partial charge < -0.3 is 14.8 Å². The lowest BCUT2D eigenvalue weighted by Gasteiger charge is -2.49. The Bertz CT molecular complexity index is 1520. The van der Waals surface area contributed by atoms with Crippen molar-refractivity contribution in [2.75, 3.05) is 5.75 Å². The van der Waals surface area contributed by atoms with E-state index < -0.39 is 23.3 Å². The van der Waals surface area contributed by atoms with Crippen molar-refractivity contribution in [3.05, 3.63) is 75.5 Å². The number of thiophene rings is 1. The van der Waals surface area contributed by atoms with E-state index in [-0.39, 0.29) is 18.0 Å². The minimum atomic E-state index is -1.15. The van der Waals surface area contributed by atoms with Crippen LogP contribution in [0, 0.1) is 0 Å². The van der Waals surface area contributed by atoms with Crippen molar-refractivity contribution >= 4 is 74.6 Å². The Hall–Kier alpha value is -3.21. The van der Waals surface area contributed by atoms with Crippen LogP contribution in [-0.4, -0.2) is 45.0 Å². The van der Waals surface area contributed by atoms with Crippen molar-refractivity contribution in [2.24, 2.45) is 0 Å². The minimum Gasteiger partial charge on any atom is -0.477 e. The van der Waals surface area contributed by atoms with E-state index in [4.69, 9.17) is 4.42 Å². The van der Waals surface area contributed by atoms with Gasteiger partial charge in [0.15, 0.2) is 0 Å². The maximum atomic E-state index is 12.9. The summed E-state index contributed by atoms with van der Waals surface area (Å²) in [4.78, 5) is 41.1. The first kappa shape index (κ1) is 22.3. The summed E-state index contributed by atoms with van der Waals surface area (Å²) in [7, 11) is 0. The van der Waals surface area contributed by atoms with Gasteiger partial charge in [-0.2, -0.15) is 0 Å². The topological polar surface area (TPSA) is 99.9 Å². The molecule has 2 aromatic carbocycles. The number of carbonyl (C=O) groups excluding carboxylic acids is 2. The van der Waals surface area contributed by atoms with E-state index in [9.17, 15) is 19.5 Å². The summed E-state index contributed by atoms with van der Waals surface area (Å²) in [5.74, 6) is -1.37. The largest absolute Gasteiger partial charge is 0.477 e. The minimum absolute atomic E-state index is 0.0165. The fraction of sp³-hybridized carbons (Fsp3) is 0.160. The number of β-lactam (4-membered cyclic amide) rings is 1. The number of rotatable bonds is 6. The summed E-state index contributed by atoms with van der Waals surface area (Å²) in [6, 6.07) is 16.6.